The minimum atomic E-state index is -0.422. The van der Waals surface area contributed by atoms with Crippen LogP contribution in [0.5, 0.6) is 0 Å². The van der Waals surface area contributed by atoms with Crippen LogP contribution in [0, 0.1) is 11.8 Å². The number of carbonyl (C=O) groups excluding carboxylic acids is 1. The Balaban J connectivity index is 2.60. The Morgan fingerprint density at radius 1 is 1.13 bits per heavy atom. The van der Waals surface area contributed by atoms with Gasteiger partial charge in [0.1, 0.15) is 0 Å². The van der Waals surface area contributed by atoms with Gasteiger partial charge in [0.05, 0.1) is 25.4 Å². The van der Waals surface area contributed by atoms with Crippen molar-refractivity contribution in [2.75, 3.05) is 13.7 Å². The number of allylic oxidation sites excluding steroid dienone is 1. The van der Waals surface area contributed by atoms with Crippen LogP contribution >= 0.6 is 0 Å². The monoisotopic (exact) mass is 424 g/mol. The van der Waals surface area contributed by atoms with Crippen LogP contribution < -0.4 is 0 Å². The predicted octanol–water partition coefficient (Wildman–Crippen LogP) is 4.96. The minimum absolute atomic E-state index is 0.0230. The lowest BCUT2D eigenvalue weighted by Crippen LogP contribution is -2.23. The van der Waals surface area contributed by atoms with E-state index in [0.717, 1.165) is 70.8 Å². The molecule has 1 fully saturated rings. The highest BCUT2D eigenvalue weighted by molar-refractivity contribution is 5.81. The SMILES string of the molecule is CCCCCC(O)C=CC1C(OCCCC)CC(O)C1CCCCC=CC(=O)OC. The predicted molar refractivity (Wildman–Crippen MR) is 121 cm³/mol. The fourth-order valence-corrected chi connectivity index (χ4v) is 4.16. The largest absolute Gasteiger partial charge is 0.466 e. The molecule has 1 saturated carbocycles. The first-order chi connectivity index (χ1) is 14.5. The van der Waals surface area contributed by atoms with Gasteiger partial charge in [-0.05, 0) is 38.0 Å². The van der Waals surface area contributed by atoms with E-state index < -0.39 is 6.10 Å². The average Bonchev–Trinajstić information content (AvgIpc) is 3.03. The summed E-state index contributed by atoms with van der Waals surface area (Å²) in [6.45, 7) is 5.03. The molecule has 0 spiro atoms. The molecule has 0 heterocycles. The van der Waals surface area contributed by atoms with Crippen LogP contribution in [-0.2, 0) is 14.3 Å². The smallest absolute Gasteiger partial charge is 0.330 e. The van der Waals surface area contributed by atoms with Crippen molar-refractivity contribution in [2.45, 2.75) is 103 Å². The van der Waals surface area contributed by atoms with Crippen LogP contribution in [0.4, 0.5) is 0 Å². The van der Waals surface area contributed by atoms with Gasteiger partial charge < -0.3 is 19.7 Å². The lowest BCUT2D eigenvalue weighted by Gasteiger charge is -2.23. The molecule has 0 aliphatic heterocycles. The average molecular weight is 425 g/mol. The molecule has 174 valence electrons. The molecule has 5 nitrogen and oxygen atoms in total. The van der Waals surface area contributed by atoms with Gasteiger partial charge in [0.25, 0.3) is 0 Å². The van der Waals surface area contributed by atoms with Gasteiger partial charge in [-0.25, -0.2) is 4.79 Å². The summed E-state index contributed by atoms with van der Waals surface area (Å²) >= 11 is 0. The van der Waals surface area contributed by atoms with Gasteiger partial charge in [0, 0.05) is 25.0 Å². The molecule has 0 aromatic carbocycles. The second-order valence-electron chi connectivity index (χ2n) is 8.47. The number of rotatable bonds is 16. The number of hydrogen-bond donors (Lipinski definition) is 2. The van der Waals surface area contributed by atoms with E-state index in [1.54, 1.807) is 0 Å². The zero-order chi connectivity index (χ0) is 22.2. The molecule has 0 saturated heterocycles. The Labute approximate surface area is 183 Å². The highest BCUT2D eigenvalue weighted by Gasteiger charge is 2.41. The Hall–Kier alpha value is -1.17. The van der Waals surface area contributed by atoms with E-state index in [9.17, 15) is 15.0 Å². The number of ether oxygens (including phenoxy) is 2. The van der Waals surface area contributed by atoms with Crippen LogP contribution in [0.2, 0.25) is 0 Å². The van der Waals surface area contributed by atoms with E-state index in [-0.39, 0.29) is 30.0 Å². The van der Waals surface area contributed by atoms with Crippen molar-refractivity contribution < 1.29 is 24.5 Å². The van der Waals surface area contributed by atoms with Crippen molar-refractivity contribution in [1.29, 1.82) is 0 Å². The Bertz CT molecular complexity index is 502. The number of aliphatic hydroxyl groups excluding tert-OH is 2. The van der Waals surface area contributed by atoms with E-state index in [4.69, 9.17) is 4.74 Å². The highest BCUT2D eigenvalue weighted by Crippen LogP contribution is 2.39. The Morgan fingerprint density at radius 3 is 2.60 bits per heavy atom. The summed E-state index contributed by atoms with van der Waals surface area (Å²) < 4.78 is 10.7. The summed E-state index contributed by atoms with van der Waals surface area (Å²) in [5, 5.41) is 21.0. The van der Waals surface area contributed by atoms with Crippen LogP contribution in [0.3, 0.4) is 0 Å². The molecule has 1 rings (SSSR count). The van der Waals surface area contributed by atoms with Gasteiger partial charge in [-0.3, -0.25) is 0 Å². The molecule has 0 radical (unpaired) electrons. The lowest BCUT2D eigenvalue weighted by molar-refractivity contribution is -0.134. The zero-order valence-electron chi connectivity index (χ0n) is 19.3. The van der Waals surface area contributed by atoms with Gasteiger partial charge in [-0.1, -0.05) is 64.2 Å². The van der Waals surface area contributed by atoms with Crippen molar-refractivity contribution in [1.82, 2.24) is 0 Å². The molecule has 0 amide bonds. The number of aliphatic hydroxyl groups is 2. The number of unbranched alkanes of at least 4 members (excludes halogenated alkanes) is 5. The third kappa shape index (κ3) is 10.7. The molecule has 0 bridgehead atoms. The fraction of sp³-hybridized carbons (Fsp3) is 0.800. The molecule has 30 heavy (non-hydrogen) atoms. The summed E-state index contributed by atoms with van der Waals surface area (Å²) in [7, 11) is 1.38. The number of hydrogen-bond acceptors (Lipinski definition) is 5. The fourth-order valence-electron chi connectivity index (χ4n) is 4.16. The number of esters is 1. The van der Waals surface area contributed by atoms with Crippen molar-refractivity contribution in [3.05, 3.63) is 24.3 Å². The number of methoxy groups -OCH3 is 1. The normalized spacial score (nSPS) is 25.4. The van der Waals surface area contributed by atoms with E-state index in [1.807, 2.05) is 12.2 Å². The molecule has 0 aromatic heterocycles. The second kappa shape index (κ2) is 16.5. The first-order valence-electron chi connectivity index (χ1n) is 11.9. The van der Waals surface area contributed by atoms with Gasteiger partial charge in [-0.2, -0.15) is 0 Å². The highest BCUT2D eigenvalue weighted by atomic mass is 16.5. The van der Waals surface area contributed by atoms with Crippen molar-refractivity contribution in [3.63, 3.8) is 0 Å². The standard InChI is InChI=1S/C25H44O5/c1-4-6-10-13-20(26)16-17-22-21(14-11-8-9-12-15-25(28)29-3)23(27)19-24(22)30-18-7-5-2/h12,15-17,20-24,26-27H,4-11,13-14,18-19H2,1-3H3. The number of carbonyl (C=O) groups is 1. The molecule has 5 heteroatoms. The summed E-state index contributed by atoms with van der Waals surface area (Å²) in [6, 6.07) is 0. The van der Waals surface area contributed by atoms with E-state index in [2.05, 4.69) is 24.7 Å². The summed E-state index contributed by atoms with van der Waals surface area (Å²) in [6.07, 6.45) is 17.2. The Kier molecular flexibility index (Phi) is 14.8. The summed E-state index contributed by atoms with van der Waals surface area (Å²) in [5.74, 6) is -0.0282. The molecule has 5 unspecified atom stereocenters. The third-order valence-electron chi connectivity index (χ3n) is 5.99. The van der Waals surface area contributed by atoms with Gasteiger partial charge in [-0.15, -0.1) is 0 Å². The minimum Gasteiger partial charge on any atom is -0.466 e. The maximum atomic E-state index is 11.1. The molecule has 5 atom stereocenters. The van der Waals surface area contributed by atoms with E-state index >= 15 is 0 Å². The molecular formula is C25H44O5. The second-order valence-corrected chi connectivity index (χ2v) is 8.47. The molecule has 1 aliphatic rings. The molecular weight excluding hydrogens is 380 g/mol. The van der Waals surface area contributed by atoms with Gasteiger partial charge in [0.15, 0.2) is 0 Å². The molecule has 1 aliphatic carbocycles. The van der Waals surface area contributed by atoms with Crippen LogP contribution in [0.15, 0.2) is 24.3 Å². The van der Waals surface area contributed by atoms with E-state index in [0.29, 0.717) is 6.42 Å². The van der Waals surface area contributed by atoms with Crippen molar-refractivity contribution in [3.8, 4) is 0 Å². The zero-order valence-corrected chi connectivity index (χ0v) is 19.3. The van der Waals surface area contributed by atoms with Crippen LogP contribution in [0.1, 0.15) is 84.5 Å². The van der Waals surface area contributed by atoms with Crippen molar-refractivity contribution >= 4 is 5.97 Å². The summed E-state index contributed by atoms with van der Waals surface area (Å²) in [4.78, 5) is 11.1. The quantitative estimate of drug-likeness (QED) is 0.159. The molecule has 0 aromatic rings. The van der Waals surface area contributed by atoms with Crippen LogP contribution in [-0.4, -0.2) is 48.2 Å². The molecule has 2 N–H and O–H groups in total. The maximum Gasteiger partial charge on any atom is 0.330 e. The first-order valence-corrected chi connectivity index (χ1v) is 11.9. The van der Waals surface area contributed by atoms with Gasteiger partial charge in [0.2, 0.25) is 0 Å². The first kappa shape index (κ1) is 26.9. The lowest BCUT2D eigenvalue weighted by atomic mass is 9.88. The van der Waals surface area contributed by atoms with Crippen molar-refractivity contribution in [2.24, 2.45) is 11.8 Å². The summed E-state index contributed by atoms with van der Waals surface area (Å²) in [5.41, 5.74) is 0. The maximum absolute atomic E-state index is 11.1. The third-order valence-corrected chi connectivity index (χ3v) is 5.99. The Morgan fingerprint density at radius 2 is 1.90 bits per heavy atom. The van der Waals surface area contributed by atoms with Crippen LogP contribution in [0.25, 0.3) is 0 Å². The topological polar surface area (TPSA) is 76.0 Å². The van der Waals surface area contributed by atoms with E-state index in [1.165, 1.54) is 13.2 Å². The van der Waals surface area contributed by atoms with Gasteiger partial charge >= 0.3 is 5.97 Å².